The Morgan fingerprint density at radius 3 is 2.58 bits per heavy atom. The number of carbonyl (C=O) groups excluding carboxylic acids is 1. The Labute approximate surface area is 71.1 Å². The number of carbonyl (C=O) groups is 1. The van der Waals surface area contributed by atoms with Gasteiger partial charge in [-0.15, -0.1) is 0 Å². The highest BCUT2D eigenvalue weighted by atomic mass is 16.7. The average Bonchev–Trinajstić information content (AvgIpc) is 2.03. The van der Waals surface area contributed by atoms with Crippen LogP contribution in [0.5, 0.6) is 0 Å². The molecule has 0 atom stereocenters. The molecule has 0 heterocycles. The molecule has 0 unspecified atom stereocenters. The summed E-state index contributed by atoms with van der Waals surface area (Å²) in [7, 11) is 0. The van der Waals surface area contributed by atoms with Crippen LogP contribution >= 0.6 is 0 Å². The molecule has 0 bridgehead atoms. The van der Waals surface area contributed by atoms with E-state index in [1.54, 1.807) is 19.1 Å². The monoisotopic (exact) mass is 163 g/mol. The van der Waals surface area contributed by atoms with Crippen LogP contribution in [0.1, 0.15) is 21.5 Å². The minimum Gasteiger partial charge on any atom is -0.324 e. The van der Waals surface area contributed by atoms with Gasteiger partial charge < -0.3 is 4.84 Å². The molecule has 0 saturated heterocycles. The van der Waals surface area contributed by atoms with Crippen molar-refractivity contribution in [2.24, 2.45) is 0 Å². The van der Waals surface area contributed by atoms with Crippen molar-refractivity contribution in [3.63, 3.8) is 0 Å². The van der Waals surface area contributed by atoms with Crippen LogP contribution in [0.25, 0.3) is 0 Å². The Hall–Kier alpha value is -1.35. The van der Waals surface area contributed by atoms with Crippen LogP contribution in [-0.4, -0.2) is 5.97 Å². The first kappa shape index (κ1) is 8.74. The molecule has 2 radical (unpaired) electrons. The summed E-state index contributed by atoms with van der Waals surface area (Å²) in [5.41, 5.74) is 2.26. The van der Waals surface area contributed by atoms with Crippen LogP contribution in [0, 0.1) is 13.8 Å². The molecule has 0 aliphatic rings. The van der Waals surface area contributed by atoms with Crippen molar-refractivity contribution in [2.45, 2.75) is 13.8 Å². The summed E-state index contributed by atoms with van der Waals surface area (Å²) in [5, 5.41) is 0. The summed E-state index contributed by atoms with van der Waals surface area (Å²) in [4.78, 5) is 14.5. The fraction of sp³-hybridized carbons (Fsp3) is 0.222. The first-order valence-corrected chi connectivity index (χ1v) is 3.58. The smallest absolute Gasteiger partial charge is 0.324 e. The Morgan fingerprint density at radius 1 is 1.42 bits per heavy atom. The first-order chi connectivity index (χ1) is 5.65. The maximum absolute atomic E-state index is 10.9. The first-order valence-electron chi connectivity index (χ1n) is 3.58. The Balaban J connectivity index is 3.09. The van der Waals surface area contributed by atoms with E-state index in [0.29, 0.717) is 5.56 Å². The zero-order valence-electron chi connectivity index (χ0n) is 7.00. The van der Waals surface area contributed by atoms with Crippen molar-refractivity contribution < 1.29 is 9.63 Å². The van der Waals surface area contributed by atoms with Gasteiger partial charge >= 0.3 is 5.97 Å². The lowest BCUT2D eigenvalue weighted by Crippen LogP contribution is -2.05. The van der Waals surface area contributed by atoms with E-state index in [9.17, 15) is 4.79 Å². The van der Waals surface area contributed by atoms with E-state index in [4.69, 9.17) is 5.90 Å². The second-order valence-electron chi connectivity index (χ2n) is 2.70. The van der Waals surface area contributed by atoms with Crippen LogP contribution < -0.4 is 5.90 Å². The van der Waals surface area contributed by atoms with Gasteiger partial charge in [0.25, 0.3) is 0 Å². The third kappa shape index (κ3) is 1.62. The molecule has 3 heteroatoms. The molecule has 1 rings (SSSR count). The normalized spacial score (nSPS) is 9.58. The van der Waals surface area contributed by atoms with E-state index in [1.807, 2.05) is 13.0 Å². The van der Waals surface area contributed by atoms with Crippen molar-refractivity contribution in [1.29, 1.82) is 0 Å². The molecule has 0 spiro atoms. The molecule has 62 valence electrons. The summed E-state index contributed by atoms with van der Waals surface area (Å²) in [6, 6.07) is 5.27. The zero-order chi connectivity index (χ0) is 9.14. The minimum atomic E-state index is -0.715. The fourth-order valence-corrected chi connectivity index (χ4v) is 1.09. The van der Waals surface area contributed by atoms with Crippen molar-refractivity contribution in [3.8, 4) is 0 Å². The van der Waals surface area contributed by atoms with Gasteiger partial charge in [-0.3, -0.25) is 0 Å². The van der Waals surface area contributed by atoms with Crippen LogP contribution in [-0.2, 0) is 4.84 Å². The number of hydrogen-bond acceptors (Lipinski definition) is 2. The van der Waals surface area contributed by atoms with Gasteiger partial charge in [0.2, 0.25) is 0 Å². The molecular formula is C9H9NO2. The zero-order valence-corrected chi connectivity index (χ0v) is 7.00. The lowest BCUT2D eigenvalue weighted by Gasteiger charge is -2.01. The van der Waals surface area contributed by atoms with Gasteiger partial charge in [0.1, 0.15) is 5.90 Å². The van der Waals surface area contributed by atoms with Crippen molar-refractivity contribution in [1.82, 2.24) is 5.90 Å². The molecule has 0 aliphatic heterocycles. The topological polar surface area (TPSA) is 48.6 Å². The predicted molar refractivity (Wildman–Crippen MR) is 43.5 cm³/mol. The van der Waals surface area contributed by atoms with Gasteiger partial charge in [-0.2, -0.15) is 0 Å². The number of rotatable bonds is 1. The summed E-state index contributed by atoms with van der Waals surface area (Å²) < 4.78 is 0. The maximum atomic E-state index is 10.9. The number of hydrogen-bond donors (Lipinski definition) is 0. The fourth-order valence-electron chi connectivity index (χ4n) is 1.09. The van der Waals surface area contributed by atoms with Gasteiger partial charge in [0, 0.05) is 0 Å². The molecule has 0 amide bonds. The van der Waals surface area contributed by atoms with Crippen LogP contribution in [0.15, 0.2) is 18.2 Å². The van der Waals surface area contributed by atoms with Crippen LogP contribution in [0.3, 0.4) is 0 Å². The molecule has 1 aromatic rings. The van der Waals surface area contributed by atoms with E-state index in [2.05, 4.69) is 4.84 Å². The standard InChI is InChI=1S/C9H9NO2/c1-6-3-4-8(7(2)5-6)9(11)12-10/h3-5H,1-2H3. The maximum Gasteiger partial charge on any atom is 0.360 e. The molecule has 0 aromatic heterocycles. The van der Waals surface area contributed by atoms with Gasteiger partial charge in [0.05, 0.1) is 5.56 Å². The van der Waals surface area contributed by atoms with Gasteiger partial charge in [0.15, 0.2) is 0 Å². The number of nitrogens with zero attached hydrogens (tertiary/aromatic N) is 1. The van der Waals surface area contributed by atoms with Crippen LogP contribution in [0.4, 0.5) is 0 Å². The highest BCUT2D eigenvalue weighted by molar-refractivity contribution is 5.90. The molecular weight excluding hydrogens is 154 g/mol. The van der Waals surface area contributed by atoms with E-state index in [1.165, 1.54) is 0 Å². The average molecular weight is 163 g/mol. The third-order valence-corrected chi connectivity index (χ3v) is 1.68. The molecule has 0 aliphatic carbocycles. The molecule has 3 nitrogen and oxygen atoms in total. The summed E-state index contributed by atoms with van der Waals surface area (Å²) in [6.45, 7) is 3.72. The highest BCUT2D eigenvalue weighted by Crippen LogP contribution is 2.10. The van der Waals surface area contributed by atoms with Crippen LogP contribution in [0.2, 0.25) is 0 Å². The summed E-state index contributed by atoms with van der Waals surface area (Å²) in [6.07, 6.45) is 0. The van der Waals surface area contributed by atoms with E-state index < -0.39 is 5.97 Å². The van der Waals surface area contributed by atoms with E-state index >= 15 is 0 Å². The number of aryl methyl sites for hydroxylation is 2. The Morgan fingerprint density at radius 2 is 2.08 bits per heavy atom. The molecule has 1 aromatic carbocycles. The minimum absolute atomic E-state index is 0.392. The van der Waals surface area contributed by atoms with Crippen molar-refractivity contribution >= 4 is 5.97 Å². The summed E-state index contributed by atoms with van der Waals surface area (Å²) in [5.74, 6) is 7.42. The third-order valence-electron chi connectivity index (χ3n) is 1.68. The highest BCUT2D eigenvalue weighted by Gasteiger charge is 2.09. The second kappa shape index (κ2) is 3.36. The SMILES string of the molecule is Cc1ccc(C(=O)O[N])c(C)c1. The second-order valence-corrected chi connectivity index (χ2v) is 2.70. The van der Waals surface area contributed by atoms with Gasteiger partial charge in [-0.05, 0) is 25.5 Å². The molecule has 0 fully saturated rings. The van der Waals surface area contributed by atoms with Gasteiger partial charge in [-0.25, -0.2) is 4.79 Å². The lowest BCUT2D eigenvalue weighted by molar-refractivity contribution is 0.0463. The molecule has 0 saturated carbocycles. The van der Waals surface area contributed by atoms with E-state index in [-0.39, 0.29) is 0 Å². The summed E-state index contributed by atoms with van der Waals surface area (Å²) >= 11 is 0. The largest absolute Gasteiger partial charge is 0.360 e. The molecule has 0 N–H and O–H groups in total. The number of benzene rings is 1. The van der Waals surface area contributed by atoms with Gasteiger partial charge in [-0.1, -0.05) is 17.7 Å². The predicted octanol–water partition coefficient (Wildman–Crippen LogP) is 1.44. The lowest BCUT2D eigenvalue weighted by atomic mass is 10.1. The van der Waals surface area contributed by atoms with E-state index in [0.717, 1.165) is 11.1 Å². The quantitative estimate of drug-likeness (QED) is 0.588. The Kier molecular flexibility index (Phi) is 2.45. The molecule has 12 heavy (non-hydrogen) atoms. The Bertz CT molecular complexity index is 307. The van der Waals surface area contributed by atoms with Crippen molar-refractivity contribution in [2.75, 3.05) is 0 Å². The van der Waals surface area contributed by atoms with Crippen molar-refractivity contribution in [3.05, 3.63) is 34.9 Å².